The molecule has 3 rings (SSSR count). The van der Waals surface area contributed by atoms with E-state index in [1.54, 1.807) is 6.07 Å². The van der Waals surface area contributed by atoms with Gasteiger partial charge in [0.2, 0.25) is 0 Å². The zero-order valence-electron chi connectivity index (χ0n) is 15.3. The van der Waals surface area contributed by atoms with Crippen LogP contribution >= 0.6 is 11.8 Å². The zero-order chi connectivity index (χ0) is 19.4. The standard InChI is InChI=1S/C21H22FNO3S/c1-14(2)12-26-21(25)18-13-27-20(15-7-4-3-5-8-15)23(18)19(24)16-9-6-10-17(22)11-16/h3-11,14,18,20H,12-13H2,1-2H3. The molecular weight excluding hydrogens is 365 g/mol. The normalized spacial score (nSPS) is 19.3. The van der Waals surface area contributed by atoms with E-state index in [0.29, 0.717) is 12.4 Å². The summed E-state index contributed by atoms with van der Waals surface area (Å²) in [5, 5.41) is -0.321. The van der Waals surface area contributed by atoms with Crippen molar-refractivity contribution in [1.29, 1.82) is 0 Å². The van der Waals surface area contributed by atoms with E-state index in [2.05, 4.69) is 0 Å². The molecule has 2 atom stereocenters. The molecule has 0 aliphatic carbocycles. The maximum Gasteiger partial charge on any atom is 0.329 e. The van der Waals surface area contributed by atoms with E-state index in [4.69, 9.17) is 4.74 Å². The quantitative estimate of drug-likeness (QED) is 0.719. The van der Waals surface area contributed by atoms with E-state index in [9.17, 15) is 14.0 Å². The molecule has 1 heterocycles. The number of benzene rings is 2. The molecule has 142 valence electrons. The number of carbonyl (C=O) groups is 2. The van der Waals surface area contributed by atoms with Gasteiger partial charge < -0.3 is 9.64 Å². The largest absolute Gasteiger partial charge is 0.464 e. The van der Waals surface area contributed by atoms with Crippen LogP contribution in [0.5, 0.6) is 0 Å². The highest BCUT2D eigenvalue weighted by Crippen LogP contribution is 2.42. The summed E-state index contributed by atoms with van der Waals surface area (Å²) >= 11 is 1.51. The molecule has 4 nitrogen and oxygen atoms in total. The van der Waals surface area contributed by atoms with Crippen LogP contribution in [0.4, 0.5) is 4.39 Å². The molecule has 1 saturated heterocycles. The van der Waals surface area contributed by atoms with Crippen molar-refractivity contribution >= 4 is 23.6 Å². The highest BCUT2D eigenvalue weighted by Gasteiger charge is 2.43. The number of carbonyl (C=O) groups excluding carboxylic acids is 2. The average Bonchev–Trinajstić information content (AvgIpc) is 3.11. The first kappa shape index (κ1) is 19.4. The Balaban J connectivity index is 1.92. The zero-order valence-corrected chi connectivity index (χ0v) is 16.1. The number of thioether (sulfide) groups is 1. The number of hydrogen-bond donors (Lipinski definition) is 0. The van der Waals surface area contributed by atoms with Crippen LogP contribution in [0.1, 0.15) is 35.1 Å². The van der Waals surface area contributed by atoms with Gasteiger partial charge in [-0.2, -0.15) is 0 Å². The number of nitrogens with zero attached hydrogens (tertiary/aromatic N) is 1. The fourth-order valence-electron chi connectivity index (χ4n) is 2.93. The van der Waals surface area contributed by atoms with Crippen molar-refractivity contribution in [2.45, 2.75) is 25.3 Å². The van der Waals surface area contributed by atoms with Crippen molar-refractivity contribution in [2.24, 2.45) is 5.92 Å². The maximum atomic E-state index is 13.6. The van der Waals surface area contributed by atoms with E-state index < -0.39 is 17.8 Å². The van der Waals surface area contributed by atoms with E-state index in [-0.39, 0.29) is 22.8 Å². The predicted molar refractivity (Wildman–Crippen MR) is 104 cm³/mol. The van der Waals surface area contributed by atoms with Crippen LogP contribution < -0.4 is 0 Å². The Hall–Kier alpha value is -2.34. The topological polar surface area (TPSA) is 46.6 Å². The van der Waals surface area contributed by atoms with Gasteiger partial charge in [0.15, 0.2) is 0 Å². The molecule has 0 bridgehead atoms. The second kappa shape index (κ2) is 8.57. The number of rotatable bonds is 5. The van der Waals surface area contributed by atoms with E-state index in [1.807, 2.05) is 44.2 Å². The Morgan fingerprint density at radius 3 is 2.59 bits per heavy atom. The van der Waals surface area contributed by atoms with Crippen LogP contribution in [-0.2, 0) is 9.53 Å². The number of amides is 1. The van der Waals surface area contributed by atoms with Crippen LogP contribution in [0.15, 0.2) is 54.6 Å². The Morgan fingerprint density at radius 1 is 1.19 bits per heavy atom. The van der Waals surface area contributed by atoms with Crippen LogP contribution in [0, 0.1) is 11.7 Å². The molecule has 2 unspecified atom stereocenters. The molecule has 1 amide bonds. The third kappa shape index (κ3) is 4.50. The fourth-order valence-corrected chi connectivity index (χ4v) is 4.34. The van der Waals surface area contributed by atoms with Gasteiger partial charge in [-0.25, -0.2) is 9.18 Å². The Bertz CT molecular complexity index is 812. The van der Waals surface area contributed by atoms with Crippen LogP contribution in [0.3, 0.4) is 0 Å². The molecule has 1 aliphatic rings. The number of halogens is 1. The average molecular weight is 387 g/mol. The first-order valence-electron chi connectivity index (χ1n) is 8.89. The van der Waals surface area contributed by atoms with Gasteiger partial charge in [-0.15, -0.1) is 11.8 Å². The van der Waals surface area contributed by atoms with Gasteiger partial charge in [0, 0.05) is 11.3 Å². The minimum absolute atomic E-state index is 0.209. The summed E-state index contributed by atoms with van der Waals surface area (Å²) in [5.74, 6) is -0.625. The monoisotopic (exact) mass is 387 g/mol. The van der Waals surface area contributed by atoms with E-state index >= 15 is 0 Å². The van der Waals surface area contributed by atoms with E-state index in [1.165, 1.54) is 34.9 Å². The summed E-state index contributed by atoms with van der Waals surface area (Å²) in [5.41, 5.74) is 1.14. The first-order valence-corrected chi connectivity index (χ1v) is 9.93. The molecule has 6 heteroatoms. The molecule has 0 saturated carbocycles. The summed E-state index contributed by atoms with van der Waals surface area (Å²) < 4.78 is 19.0. The SMILES string of the molecule is CC(C)COC(=O)C1CSC(c2ccccc2)N1C(=O)c1cccc(F)c1. The van der Waals surface area contributed by atoms with Gasteiger partial charge in [0.25, 0.3) is 5.91 Å². The fraction of sp³-hybridized carbons (Fsp3) is 0.333. The summed E-state index contributed by atoms with van der Waals surface area (Å²) in [6.07, 6.45) is 0. The Morgan fingerprint density at radius 2 is 1.93 bits per heavy atom. The molecule has 2 aromatic rings. The van der Waals surface area contributed by atoms with Crippen molar-refractivity contribution < 1.29 is 18.7 Å². The summed E-state index contributed by atoms with van der Waals surface area (Å²) in [7, 11) is 0. The minimum atomic E-state index is -0.699. The Labute approximate surface area is 162 Å². The van der Waals surface area contributed by atoms with Crippen molar-refractivity contribution in [1.82, 2.24) is 4.90 Å². The van der Waals surface area contributed by atoms with Crippen molar-refractivity contribution in [3.63, 3.8) is 0 Å². The van der Waals surface area contributed by atoms with Gasteiger partial charge in [0.05, 0.1) is 6.61 Å². The van der Waals surface area contributed by atoms with Gasteiger partial charge >= 0.3 is 5.97 Å². The lowest BCUT2D eigenvalue weighted by Gasteiger charge is -2.29. The molecule has 0 spiro atoms. The number of esters is 1. The lowest BCUT2D eigenvalue weighted by Crippen LogP contribution is -2.44. The van der Waals surface area contributed by atoms with Crippen LogP contribution in [-0.4, -0.2) is 35.2 Å². The van der Waals surface area contributed by atoms with Crippen LogP contribution in [0.2, 0.25) is 0 Å². The minimum Gasteiger partial charge on any atom is -0.464 e. The van der Waals surface area contributed by atoms with Gasteiger partial charge in [-0.1, -0.05) is 50.2 Å². The van der Waals surface area contributed by atoms with Gasteiger partial charge in [0.1, 0.15) is 17.2 Å². The number of ether oxygens (including phenoxy) is 1. The molecule has 27 heavy (non-hydrogen) atoms. The lowest BCUT2D eigenvalue weighted by atomic mass is 10.1. The molecule has 0 N–H and O–H groups in total. The summed E-state index contributed by atoms with van der Waals surface area (Å²) in [6.45, 7) is 4.22. The number of hydrogen-bond acceptors (Lipinski definition) is 4. The van der Waals surface area contributed by atoms with Gasteiger partial charge in [-0.05, 0) is 29.7 Å². The molecular formula is C21H22FNO3S. The highest BCUT2D eigenvalue weighted by molar-refractivity contribution is 7.99. The Kier molecular flexibility index (Phi) is 6.16. The molecule has 0 aromatic heterocycles. The van der Waals surface area contributed by atoms with Crippen molar-refractivity contribution in [3.05, 3.63) is 71.5 Å². The third-order valence-electron chi connectivity index (χ3n) is 4.22. The summed E-state index contributed by atoms with van der Waals surface area (Å²) in [4.78, 5) is 27.3. The molecule has 1 fully saturated rings. The molecule has 2 aromatic carbocycles. The highest BCUT2D eigenvalue weighted by atomic mass is 32.2. The lowest BCUT2D eigenvalue weighted by molar-refractivity contribution is -0.149. The van der Waals surface area contributed by atoms with Crippen molar-refractivity contribution in [3.8, 4) is 0 Å². The van der Waals surface area contributed by atoms with Gasteiger partial charge in [-0.3, -0.25) is 4.79 Å². The second-order valence-corrected chi connectivity index (χ2v) is 7.97. The maximum absolute atomic E-state index is 13.6. The van der Waals surface area contributed by atoms with E-state index in [0.717, 1.165) is 5.56 Å². The second-order valence-electron chi connectivity index (χ2n) is 6.86. The predicted octanol–water partition coefficient (Wildman–Crippen LogP) is 4.28. The van der Waals surface area contributed by atoms with Crippen LogP contribution in [0.25, 0.3) is 0 Å². The summed E-state index contributed by atoms with van der Waals surface area (Å²) in [6, 6.07) is 14.4. The molecule has 0 radical (unpaired) electrons. The molecule has 1 aliphatic heterocycles. The van der Waals surface area contributed by atoms with Crippen molar-refractivity contribution in [2.75, 3.05) is 12.4 Å². The first-order chi connectivity index (χ1) is 13.0. The smallest absolute Gasteiger partial charge is 0.329 e. The third-order valence-corrected chi connectivity index (χ3v) is 5.55.